The first kappa shape index (κ1) is 17.8. The number of hydrogen-bond acceptors (Lipinski definition) is 1. The second-order valence-corrected chi connectivity index (χ2v) is 2.85. The lowest BCUT2D eigenvalue weighted by Gasteiger charge is -2.00. The molecule has 0 aliphatic rings. The molecule has 1 aromatic rings. The first-order valence-electron chi connectivity index (χ1n) is 6.22. The van der Waals surface area contributed by atoms with Crippen LogP contribution in [0.1, 0.15) is 41.5 Å². The molecule has 0 unspecified atom stereocenters. The van der Waals surface area contributed by atoms with E-state index in [9.17, 15) is 0 Å². The van der Waals surface area contributed by atoms with Gasteiger partial charge in [-0.05, 0) is 25.5 Å². The largest absolute Gasteiger partial charge is 0.307 e. The van der Waals surface area contributed by atoms with E-state index in [0.717, 1.165) is 5.70 Å². The Hall–Kier alpha value is -1.57. The van der Waals surface area contributed by atoms with Crippen molar-refractivity contribution in [3.8, 4) is 0 Å². The standard InChI is InChI=1S/C11H14N2.2C2H6/c1-4-5-10(2)8-11(3)13-7-6-12-9-13;2*1-2/h4-9H,3H2,1-2H3;2*1-2H3/b5-4-,10-8-;;. The number of imidazole rings is 1. The minimum Gasteiger partial charge on any atom is -0.307 e. The van der Waals surface area contributed by atoms with Gasteiger partial charge in [0.05, 0.1) is 6.33 Å². The fourth-order valence-corrected chi connectivity index (χ4v) is 1.08. The van der Waals surface area contributed by atoms with Gasteiger partial charge in [0, 0.05) is 18.1 Å². The molecule has 0 atom stereocenters. The fourth-order valence-electron chi connectivity index (χ4n) is 1.08. The maximum Gasteiger partial charge on any atom is 0.0991 e. The molecule has 0 saturated carbocycles. The van der Waals surface area contributed by atoms with Crippen molar-refractivity contribution in [1.82, 2.24) is 9.55 Å². The summed E-state index contributed by atoms with van der Waals surface area (Å²) in [5, 5.41) is 0. The third kappa shape index (κ3) is 8.26. The van der Waals surface area contributed by atoms with E-state index >= 15 is 0 Å². The molecule has 96 valence electrons. The third-order valence-electron chi connectivity index (χ3n) is 1.66. The van der Waals surface area contributed by atoms with Gasteiger partial charge in [-0.1, -0.05) is 46.4 Å². The highest BCUT2D eigenvalue weighted by Gasteiger charge is 1.91. The average Bonchev–Trinajstić information content (AvgIpc) is 2.88. The van der Waals surface area contributed by atoms with E-state index < -0.39 is 0 Å². The molecule has 0 bridgehead atoms. The van der Waals surface area contributed by atoms with Gasteiger partial charge in [-0.15, -0.1) is 0 Å². The first-order valence-corrected chi connectivity index (χ1v) is 6.22. The van der Waals surface area contributed by atoms with Crippen LogP contribution in [-0.2, 0) is 0 Å². The van der Waals surface area contributed by atoms with Crippen molar-refractivity contribution in [2.75, 3.05) is 0 Å². The maximum absolute atomic E-state index is 3.95. The van der Waals surface area contributed by atoms with Crippen LogP contribution in [0.2, 0.25) is 0 Å². The molecule has 0 radical (unpaired) electrons. The zero-order valence-corrected chi connectivity index (χ0v) is 12.1. The molecule has 0 aromatic carbocycles. The summed E-state index contributed by atoms with van der Waals surface area (Å²) < 4.78 is 1.88. The lowest BCUT2D eigenvalue weighted by molar-refractivity contribution is 1.10. The first-order chi connectivity index (χ1) is 8.24. The van der Waals surface area contributed by atoms with Crippen molar-refractivity contribution in [3.05, 3.63) is 49.1 Å². The van der Waals surface area contributed by atoms with Gasteiger partial charge in [0.15, 0.2) is 0 Å². The van der Waals surface area contributed by atoms with E-state index in [1.807, 2.05) is 70.5 Å². The van der Waals surface area contributed by atoms with Gasteiger partial charge in [-0.2, -0.15) is 0 Å². The Morgan fingerprint density at radius 3 is 2.24 bits per heavy atom. The minimum atomic E-state index is 0.924. The normalized spacial score (nSPS) is 10.1. The smallest absolute Gasteiger partial charge is 0.0991 e. The van der Waals surface area contributed by atoms with Crippen LogP contribution in [0, 0.1) is 0 Å². The summed E-state index contributed by atoms with van der Waals surface area (Å²) in [7, 11) is 0. The summed E-state index contributed by atoms with van der Waals surface area (Å²) in [5.41, 5.74) is 2.11. The summed E-state index contributed by atoms with van der Waals surface area (Å²) in [6.07, 6.45) is 11.4. The van der Waals surface area contributed by atoms with Crippen LogP contribution >= 0.6 is 0 Å². The Bertz CT molecular complexity index is 330. The zero-order chi connectivity index (χ0) is 13.7. The minimum absolute atomic E-state index is 0.924. The molecule has 0 fully saturated rings. The highest BCUT2D eigenvalue weighted by molar-refractivity contribution is 5.56. The Morgan fingerprint density at radius 1 is 1.24 bits per heavy atom. The highest BCUT2D eigenvalue weighted by Crippen LogP contribution is 2.06. The Balaban J connectivity index is 0. The second kappa shape index (κ2) is 12.5. The lowest BCUT2D eigenvalue weighted by Crippen LogP contribution is -1.88. The lowest BCUT2D eigenvalue weighted by atomic mass is 10.2. The molecule has 1 heterocycles. The molecule has 17 heavy (non-hydrogen) atoms. The third-order valence-corrected chi connectivity index (χ3v) is 1.66. The zero-order valence-electron chi connectivity index (χ0n) is 12.1. The maximum atomic E-state index is 3.95. The van der Waals surface area contributed by atoms with Crippen molar-refractivity contribution in [2.45, 2.75) is 41.5 Å². The monoisotopic (exact) mass is 234 g/mol. The van der Waals surface area contributed by atoms with Crippen molar-refractivity contribution < 1.29 is 0 Å². The molecular weight excluding hydrogens is 208 g/mol. The van der Waals surface area contributed by atoms with E-state index in [-0.39, 0.29) is 0 Å². The van der Waals surface area contributed by atoms with Crippen LogP contribution in [0.5, 0.6) is 0 Å². The van der Waals surface area contributed by atoms with Crippen LogP contribution in [0.4, 0.5) is 0 Å². The highest BCUT2D eigenvalue weighted by atomic mass is 15.0. The van der Waals surface area contributed by atoms with Crippen LogP contribution in [-0.4, -0.2) is 9.55 Å². The van der Waals surface area contributed by atoms with E-state index in [1.54, 1.807) is 12.5 Å². The number of allylic oxidation sites excluding steroid dienone is 5. The Morgan fingerprint density at radius 2 is 1.82 bits per heavy atom. The van der Waals surface area contributed by atoms with Crippen molar-refractivity contribution in [2.24, 2.45) is 0 Å². The summed E-state index contributed by atoms with van der Waals surface area (Å²) in [6, 6.07) is 0. The van der Waals surface area contributed by atoms with Gasteiger partial charge in [0.25, 0.3) is 0 Å². The molecule has 0 aliphatic heterocycles. The molecule has 0 spiro atoms. The van der Waals surface area contributed by atoms with Gasteiger partial charge in [0.2, 0.25) is 0 Å². The van der Waals surface area contributed by atoms with Crippen molar-refractivity contribution >= 4 is 5.70 Å². The topological polar surface area (TPSA) is 17.8 Å². The molecule has 0 aliphatic carbocycles. The predicted molar refractivity (Wildman–Crippen MR) is 78.8 cm³/mol. The van der Waals surface area contributed by atoms with E-state index in [4.69, 9.17) is 0 Å². The van der Waals surface area contributed by atoms with Crippen LogP contribution < -0.4 is 0 Å². The van der Waals surface area contributed by atoms with E-state index in [0.29, 0.717) is 0 Å². The molecular formula is C15H26N2. The molecule has 2 nitrogen and oxygen atoms in total. The van der Waals surface area contributed by atoms with E-state index in [2.05, 4.69) is 11.6 Å². The van der Waals surface area contributed by atoms with E-state index in [1.165, 1.54) is 5.57 Å². The van der Waals surface area contributed by atoms with Gasteiger partial charge in [0.1, 0.15) is 0 Å². The predicted octanol–water partition coefficient (Wildman–Crippen LogP) is 4.93. The Labute approximate surface area is 106 Å². The van der Waals surface area contributed by atoms with Crippen LogP contribution in [0.3, 0.4) is 0 Å². The number of hydrogen-bond donors (Lipinski definition) is 0. The average molecular weight is 234 g/mol. The molecule has 0 N–H and O–H groups in total. The Kier molecular flexibility index (Phi) is 13.1. The molecule has 1 aromatic heterocycles. The second-order valence-electron chi connectivity index (χ2n) is 2.85. The van der Waals surface area contributed by atoms with Gasteiger partial charge in [-0.3, -0.25) is 0 Å². The summed E-state index contributed by atoms with van der Waals surface area (Å²) in [4.78, 5) is 3.95. The summed E-state index contributed by atoms with van der Waals surface area (Å²) in [6.45, 7) is 16.0. The molecule has 2 heteroatoms. The van der Waals surface area contributed by atoms with Crippen molar-refractivity contribution in [1.29, 1.82) is 0 Å². The van der Waals surface area contributed by atoms with Gasteiger partial charge < -0.3 is 4.57 Å². The summed E-state index contributed by atoms with van der Waals surface area (Å²) in [5.74, 6) is 0. The summed E-state index contributed by atoms with van der Waals surface area (Å²) >= 11 is 0. The van der Waals surface area contributed by atoms with Gasteiger partial charge in [-0.25, -0.2) is 4.98 Å². The quantitative estimate of drug-likeness (QED) is 0.678. The molecule has 1 rings (SSSR count). The molecule has 0 amide bonds. The SMILES string of the molecule is C=C(/C=C(C)\C=C/C)n1ccnc1.CC.CC. The fraction of sp³-hybridized carbons (Fsp3) is 0.400. The molecule has 0 saturated heterocycles. The number of aromatic nitrogens is 2. The number of nitrogens with zero attached hydrogens (tertiary/aromatic N) is 2. The van der Waals surface area contributed by atoms with Crippen molar-refractivity contribution in [3.63, 3.8) is 0 Å². The van der Waals surface area contributed by atoms with Crippen LogP contribution in [0.25, 0.3) is 5.70 Å². The number of rotatable bonds is 3. The van der Waals surface area contributed by atoms with Gasteiger partial charge >= 0.3 is 0 Å². The van der Waals surface area contributed by atoms with Crippen LogP contribution in [0.15, 0.2) is 49.1 Å².